The Morgan fingerprint density at radius 1 is 1.09 bits per heavy atom. The Balaban J connectivity index is 2.11. The van der Waals surface area contributed by atoms with E-state index in [4.69, 9.17) is 0 Å². The second-order valence-corrected chi connectivity index (χ2v) is 5.58. The molecule has 2 aromatic carbocycles. The van der Waals surface area contributed by atoms with Crippen LogP contribution in [0.2, 0.25) is 0 Å². The van der Waals surface area contributed by atoms with E-state index in [0.717, 1.165) is 12.0 Å². The number of benzene rings is 2. The summed E-state index contributed by atoms with van der Waals surface area (Å²) in [5.41, 5.74) is 1.51. The fourth-order valence-electron chi connectivity index (χ4n) is 2.57. The fourth-order valence-corrected chi connectivity index (χ4v) is 2.57. The highest BCUT2D eigenvalue weighted by Crippen LogP contribution is 2.27. The lowest BCUT2D eigenvalue weighted by Crippen LogP contribution is -2.32. The van der Waals surface area contributed by atoms with E-state index in [9.17, 15) is 9.18 Å². The third-order valence-electron chi connectivity index (χ3n) is 4.07. The van der Waals surface area contributed by atoms with Gasteiger partial charge in [-0.15, -0.1) is 0 Å². The van der Waals surface area contributed by atoms with E-state index in [1.54, 1.807) is 18.2 Å². The van der Waals surface area contributed by atoms with Crippen molar-refractivity contribution in [2.24, 2.45) is 5.92 Å². The van der Waals surface area contributed by atoms with Crippen LogP contribution in [0.25, 0.3) is 0 Å². The molecule has 0 bridgehead atoms. The number of halogens is 1. The zero-order valence-corrected chi connectivity index (χ0v) is 13.1. The Morgan fingerprint density at radius 2 is 1.73 bits per heavy atom. The van der Waals surface area contributed by atoms with Crippen molar-refractivity contribution in [1.29, 1.82) is 0 Å². The van der Waals surface area contributed by atoms with Crippen LogP contribution in [0.15, 0.2) is 54.6 Å². The van der Waals surface area contributed by atoms with E-state index in [-0.39, 0.29) is 30.1 Å². The number of nitrogens with one attached hydrogen (secondary N) is 1. The van der Waals surface area contributed by atoms with Gasteiger partial charge in [-0.3, -0.25) is 4.79 Å². The third-order valence-corrected chi connectivity index (χ3v) is 4.07. The van der Waals surface area contributed by atoms with E-state index >= 15 is 0 Å². The highest BCUT2D eigenvalue weighted by atomic mass is 19.1. The zero-order valence-electron chi connectivity index (χ0n) is 13.1. The molecule has 0 spiro atoms. The number of rotatable bonds is 6. The van der Waals surface area contributed by atoms with Crippen molar-refractivity contribution in [3.8, 4) is 0 Å². The van der Waals surface area contributed by atoms with E-state index in [2.05, 4.69) is 19.2 Å². The van der Waals surface area contributed by atoms with Gasteiger partial charge in [0.25, 0.3) is 0 Å². The molecular weight excluding hydrogens is 277 g/mol. The number of amides is 1. The van der Waals surface area contributed by atoms with Gasteiger partial charge in [-0.05, 0) is 17.5 Å². The third kappa shape index (κ3) is 3.94. The summed E-state index contributed by atoms with van der Waals surface area (Å²) in [6, 6.07) is 16.3. The Labute approximate surface area is 131 Å². The molecule has 116 valence electrons. The molecule has 2 aromatic rings. The smallest absolute Gasteiger partial charge is 0.228 e. The van der Waals surface area contributed by atoms with Crippen LogP contribution in [-0.2, 0) is 11.3 Å². The number of hydrogen-bond donors (Lipinski definition) is 1. The second-order valence-electron chi connectivity index (χ2n) is 5.58. The molecule has 1 amide bonds. The zero-order chi connectivity index (χ0) is 15.9. The molecule has 2 rings (SSSR count). The molecule has 1 N–H and O–H groups in total. The van der Waals surface area contributed by atoms with Crippen molar-refractivity contribution in [2.45, 2.75) is 32.7 Å². The largest absolute Gasteiger partial charge is 0.351 e. The lowest BCUT2D eigenvalue weighted by atomic mass is 9.85. The van der Waals surface area contributed by atoms with Crippen LogP contribution < -0.4 is 5.32 Å². The molecule has 2 atom stereocenters. The number of hydrogen-bond acceptors (Lipinski definition) is 1. The minimum Gasteiger partial charge on any atom is -0.351 e. The maximum absolute atomic E-state index is 13.6. The SMILES string of the molecule is CCC(C)C(C(=O)NCc1ccccc1F)c1ccccc1. The van der Waals surface area contributed by atoms with Gasteiger partial charge in [-0.2, -0.15) is 0 Å². The quantitative estimate of drug-likeness (QED) is 0.848. The van der Waals surface area contributed by atoms with Gasteiger partial charge in [0.2, 0.25) is 5.91 Å². The molecule has 2 nitrogen and oxygen atoms in total. The van der Waals surface area contributed by atoms with Crippen LogP contribution in [0.1, 0.15) is 37.3 Å². The van der Waals surface area contributed by atoms with Crippen molar-refractivity contribution in [1.82, 2.24) is 5.32 Å². The first-order chi connectivity index (χ1) is 10.6. The Bertz CT molecular complexity index is 612. The predicted molar refractivity (Wildman–Crippen MR) is 86.9 cm³/mol. The molecule has 2 unspecified atom stereocenters. The van der Waals surface area contributed by atoms with Gasteiger partial charge in [0, 0.05) is 12.1 Å². The topological polar surface area (TPSA) is 29.1 Å². The average Bonchev–Trinajstić information content (AvgIpc) is 2.55. The number of carbonyl (C=O) groups is 1. The van der Waals surface area contributed by atoms with Gasteiger partial charge in [0.15, 0.2) is 0 Å². The summed E-state index contributed by atoms with van der Waals surface area (Å²) in [6.07, 6.45) is 0.909. The normalized spacial score (nSPS) is 13.4. The van der Waals surface area contributed by atoms with Gasteiger partial charge in [0.05, 0.1) is 5.92 Å². The predicted octanol–water partition coefficient (Wildman–Crippen LogP) is 4.27. The molecule has 0 aliphatic heterocycles. The summed E-state index contributed by atoms with van der Waals surface area (Å²) in [6.45, 7) is 4.36. The van der Waals surface area contributed by atoms with Crippen LogP contribution in [0.3, 0.4) is 0 Å². The van der Waals surface area contributed by atoms with E-state index < -0.39 is 0 Å². The summed E-state index contributed by atoms with van der Waals surface area (Å²) < 4.78 is 13.6. The summed E-state index contributed by atoms with van der Waals surface area (Å²) in [4.78, 5) is 12.6. The molecule has 0 radical (unpaired) electrons. The standard InChI is InChI=1S/C19H22FNO/c1-3-14(2)18(15-9-5-4-6-10-15)19(22)21-13-16-11-7-8-12-17(16)20/h4-12,14,18H,3,13H2,1-2H3,(H,21,22). The molecular formula is C19H22FNO. The molecule has 0 aromatic heterocycles. The van der Waals surface area contributed by atoms with Crippen LogP contribution in [-0.4, -0.2) is 5.91 Å². The van der Waals surface area contributed by atoms with E-state index in [1.807, 2.05) is 30.3 Å². The highest BCUT2D eigenvalue weighted by Gasteiger charge is 2.25. The Morgan fingerprint density at radius 3 is 2.36 bits per heavy atom. The molecule has 0 heterocycles. The first kappa shape index (κ1) is 16.2. The van der Waals surface area contributed by atoms with Crippen LogP contribution in [0.5, 0.6) is 0 Å². The highest BCUT2D eigenvalue weighted by molar-refractivity contribution is 5.83. The summed E-state index contributed by atoms with van der Waals surface area (Å²) >= 11 is 0. The monoisotopic (exact) mass is 299 g/mol. The van der Waals surface area contributed by atoms with Gasteiger partial charge in [0.1, 0.15) is 5.82 Å². The van der Waals surface area contributed by atoms with Gasteiger partial charge >= 0.3 is 0 Å². The molecule has 0 saturated heterocycles. The molecule has 0 fully saturated rings. The van der Waals surface area contributed by atoms with E-state index in [1.165, 1.54) is 6.07 Å². The van der Waals surface area contributed by atoms with Crippen molar-refractivity contribution in [3.63, 3.8) is 0 Å². The maximum atomic E-state index is 13.6. The fraction of sp³-hybridized carbons (Fsp3) is 0.316. The summed E-state index contributed by atoms with van der Waals surface area (Å²) in [5.74, 6) is -0.326. The first-order valence-electron chi connectivity index (χ1n) is 7.69. The summed E-state index contributed by atoms with van der Waals surface area (Å²) in [7, 11) is 0. The molecule has 0 saturated carbocycles. The van der Waals surface area contributed by atoms with Gasteiger partial charge in [-0.1, -0.05) is 68.8 Å². The van der Waals surface area contributed by atoms with Gasteiger partial charge in [-0.25, -0.2) is 4.39 Å². The summed E-state index contributed by atoms with van der Waals surface area (Å²) in [5, 5.41) is 2.87. The maximum Gasteiger partial charge on any atom is 0.228 e. The van der Waals surface area contributed by atoms with Gasteiger partial charge < -0.3 is 5.32 Å². The van der Waals surface area contributed by atoms with Crippen LogP contribution in [0.4, 0.5) is 4.39 Å². The molecule has 22 heavy (non-hydrogen) atoms. The number of carbonyl (C=O) groups excluding carboxylic acids is 1. The Kier molecular flexibility index (Phi) is 5.70. The van der Waals surface area contributed by atoms with Crippen LogP contribution in [0, 0.1) is 11.7 Å². The molecule has 0 aliphatic carbocycles. The second kappa shape index (κ2) is 7.74. The lowest BCUT2D eigenvalue weighted by molar-refractivity contribution is -0.123. The van der Waals surface area contributed by atoms with Crippen LogP contribution >= 0.6 is 0 Å². The molecule has 3 heteroatoms. The first-order valence-corrected chi connectivity index (χ1v) is 7.69. The minimum absolute atomic E-state index is 0.0520. The van der Waals surface area contributed by atoms with E-state index in [0.29, 0.717) is 5.56 Å². The lowest BCUT2D eigenvalue weighted by Gasteiger charge is -2.23. The average molecular weight is 299 g/mol. The minimum atomic E-state index is -0.289. The molecule has 0 aliphatic rings. The Hall–Kier alpha value is -2.16. The van der Waals surface area contributed by atoms with Crippen molar-refractivity contribution in [2.75, 3.05) is 0 Å². The van der Waals surface area contributed by atoms with Crippen molar-refractivity contribution < 1.29 is 9.18 Å². The van der Waals surface area contributed by atoms with Crippen molar-refractivity contribution in [3.05, 3.63) is 71.5 Å². The van der Waals surface area contributed by atoms with Crippen molar-refractivity contribution >= 4 is 5.91 Å².